The predicted octanol–water partition coefficient (Wildman–Crippen LogP) is 1.97. The molecule has 3 N–H and O–H groups in total. The van der Waals surface area contributed by atoms with E-state index >= 15 is 0 Å². The van der Waals surface area contributed by atoms with Crippen molar-refractivity contribution in [2.75, 3.05) is 13.6 Å². The SMILES string of the molecule is Cc1ccc2c(C3CC(N)CCN3C)c[nH]c2n1. The van der Waals surface area contributed by atoms with Crippen LogP contribution in [0.25, 0.3) is 11.0 Å². The van der Waals surface area contributed by atoms with Crippen LogP contribution in [0.3, 0.4) is 0 Å². The number of hydrogen-bond acceptors (Lipinski definition) is 3. The Morgan fingerprint density at radius 2 is 2.28 bits per heavy atom. The zero-order valence-electron chi connectivity index (χ0n) is 11.0. The standard InChI is InChI=1S/C14H20N4/c1-9-3-4-11-12(8-16-14(11)17-9)13-7-10(15)5-6-18(13)2/h3-4,8,10,13H,5-7,15H2,1-2H3,(H,16,17). The summed E-state index contributed by atoms with van der Waals surface area (Å²) >= 11 is 0. The summed E-state index contributed by atoms with van der Waals surface area (Å²) in [6.45, 7) is 3.08. The second-order valence-corrected chi connectivity index (χ2v) is 5.37. The molecule has 1 aliphatic rings. The maximum absolute atomic E-state index is 6.11. The maximum atomic E-state index is 6.11. The Morgan fingerprint density at radius 3 is 3.11 bits per heavy atom. The van der Waals surface area contributed by atoms with E-state index in [4.69, 9.17) is 5.73 Å². The summed E-state index contributed by atoms with van der Waals surface area (Å²) in [7, 11) is 2.18. The van der Waals surface area contributed by atoms with Crippen molar-refractivity contribution in [3.63, 3.8) is 0 Å². The fraction of sp³-hybridized carbons (Fsp3) is 0.500. The van der Waals surface area contributed by atoms with Crippen LogP contribution < -0.4 is 5.73 Å². The molecule has 2 aromatic heterocycles. The number of pyridine rings is 1. The average molecular weight is 244 g/mol. The third kappa shape index (κ3) is 1.91. The first kappa shape index (κ1) is 11.7. The first-order valence-electron chi connectivity index (χ1n) is 6.55. The summed E-state index contributed by atoms with van der Waals surface area (Å²) in [6, 6.07) is 4.96. The number of aryl methyl sites for hydroxylation is 1. The zero-order valence-corrected chi connectivity index (χ0v) is 11.0. The third-order valence-electron chi connectivity index (χ3n) is 3.98. The van der Waals surface area contributed by atoms with Crippen LogP contribution in [-0.4, -0.2) is 34.5 Å². The number of aromatic nitrogens is 2. The molecule has 18 heavy (non-hydrogen) atoms. The smallest absolute Gasteiger partial charge is 0.137 e. The van der Waals surface area contributed by atoms with Crippen molar-refractivity contribution in [1.82, 2.24) is 14.9 Å². The first-order valence-corrected chi connectivity index (χ1v) is 6.55. The normalized spacial score (nSPS) is 25.7. The predicted molar refractivity (Wildman–Crippen MR) is 73.4 cm³/mol. The highest BCUT2D eigenvalue weighted by Gasteiger charge is 2.27. The summed E-state index contributed by atoms with van der Waals surface area (Å²) in [5, 5.41) is 1.23. The highest BCUT2D eigenvalue weighted by Crippen LogP contribution is 2.33. The highest BCUT2D eigenvalue weighted by molar-refractivity contribution is 5.80. The lowest BCUT2D eigenvalue weighted by Crippen LogP contribution is -2.39. The summed E-state index contributed by atoms with van der Waals surface area (Å²) in [6.07, 6.45) is 4.21. The minimum atomic E-state index is 0.314. The van der Waals surface area contributed by atoms with Gasteiger partial charge in [0.05, 0.1) is 0 Å². The van der Waals surface area contributed by atoms with Gasteiger partial charge in [0.1, 0.15) is 5.65 Å². The van der Waals surface area contributed by atoms with Gasteiger partial charge in [-0.2, -0.15) is 0 Å². The van der Waals surface area contributed by atoms with Crippen molar-refractivity contribution in [2.45, 2.75) is 31.8 Å². The Hall–Kier alpha value is -1.39. The summed E-state index contributed by atoms with van der Waals surface area (Å²) in [4.78, 5) is 10.2. The van der Waals surface area contributed by atoms with Crippen LogP contribution in [-0.2, 0) is 0 Å². The Labute approximate surface area is 107 Å². The lowest BCUT2D eigenvalue weighted by atomic mass is 9.93. The van der Waals surface area contributed by atoms with Crippen LogP contribution in [0, 0.1) is 6.92 Å². The fourth-order valence-electron chi connectivity index (χ4n) is 2.87. The van der Waals surface area contributed by atoms with Gasteiger partial charge in [0, 0.05) is 29.4 Å². The van der Waals surface area contributed by atoms with E-state index in [9.17, 15) is 0 Å². The van der Waals surface area contributed by atoms with Crippen molar-refractivity contribution in [3.05, 3.63) is 29.6 Å². The van der Waals surface area contributed by atoms with Gasteiger partial charge in [-0.1, -0.05) is 0 Å². The Balaban J connectivity index is 2.03. The van der Waals surface area contributed by atoms with Crippen LogP contribution in [0.5, 0.6) is 0 Å². The highest BCUT2D eigenvalue weighted by atomic mass is 15.1. The van der Waals surface area contributed by atoms with Gasteiger partial charge >= 0.3 is 0 Å². The monoisotopic (exact) mass is 244 g/mol. The van der Waals surface area contributed by atoms with Crippen molar-refractivity contribution < 1.29 is 0 Å². The molecule has 0 amide bonds. The first-order chi connectivity index (χ1) is 8.65. The molecule has 1 fully saturated rings. The largest absolute Gasteiger partial charge is 0.346 e. The minimum Gasteiger partial charge on any atom is -0.346 e. The van der Waals surface area contributed by atoms with Gasteiger partial charge in [-0.3, -0.25) is 4.90 Å². The molecule has 2 unspecified atom stereocenters. The van der Waals surface area contributed by atoms with Crippen molar-refractivity contribution in [2.24, 2.45) is 5.73 Å². The van der Waals surface area contributed by atoms with Gasteiger partial charge < -0.3 is 10.7 Å². The molecule has 3 heterocycles. The number of hydrogen-bond donors (Lipinski definition) is 2. The van der Waals surface area contributed by atoms with Crippen molar-refractivity contribution in [1.29, 1.82) is 0 Å². The van der Waals surface area contributed by atoms with Crippen LogP contribution in [0.4, 0.5) is 0 Å². The Bertz CT molecular complexity index is 560. The number of fused-ring (bicyclic) bond motifs is 1. The second-order valence-electron chi connectivity index (χ2n) is 5.37. The molecular formula is C14H20N4. The molecule has 0 saturated carbocycles. The quantitative estimate of drug-likeness (QED) is 0.806. The molecule has 1 aliphatic heterocycles. The van der Waals surface area contributed by atoms with Crippen LogP contribution >= 0.6 is 0 Å². The van der Waals surface area contributed by atoms with E-state index in [1.54, 1.807) is 0 Å². The van der Waals surface area contributed by atoms with E-state index < -0.39 is 0 Å². The number of rotatable bonds is 1. The topological polar surface area (TPSA) is 57.9 Å². The lowest BCUT2D eigenvalue weighted by molar-refractivity contribution is 0.172. The molecule has 1 saturated heterocycles. The van der Waals surface area contributed by atoms with E-state index in [1.165, 1.54) is 10.9 Å². The molecule has 0 aliphatic carbocycles. The maximum Gasteiger partial charge on any atom is 0.137 e. The molecule has 2 aromatic rings. The van der Waals surface area contributed by atoms with Gasteiger partial charge in [0.15, 0.2) is 0 Å². The second kappa shape index (κ2) is 4.37. The van der Waals surface area contributed by atoms with Crippen molar-refractivity contribution in [3.8, 4) is 0 Å². The van der Waals surface area contributed by atoms with E-state index in [0.717, 1.165) is 30.7 Å². The van der Waals surface area contributed by atoms with Crippen LogP contribution in [0.2, 0.25) is 0 Å². The zero-order chi connectivity index (χ0) is 12.7. The fourth-order valence-corrected chi connectivity index (χ4v) is 2.87. The Morgan fingerprint density at radius 1 is 1.44 bits per heavy atom. The minimum absolute atomic E-state index is 0.314. The molecule has 4 heteroatoms. The number of aromatic amines is 1. The lowest BCUT2D eigenvalue weighted by Gasteiger charge is -2.35. The average Bonchev–Trinajstić information content (AvgIpc) is 2.75. The summed E-state index contributed by atoms with van der Waals surface area (Å²) in [5.74, 6) is 0. The molecule has 4 nitrogen and oxygen atoms in total. The number of likely N-dealkylation sites (tertiary alicyclic amines) is 1. The van der Waals surface area contributed by atoms with Crippen molar-refractivity contribution >= 4 is 11.0 Å². The molecule has 0 bridgehead atoms. The third-order valence-corrected chi connectivity index (χ3v) is 3.98. The molecule has 0 radical (unpaired) electrons. The van der Waals surface area contributed by atoms with E-state index in [1.807, 2.05) is 6.92 Å². The van der Waals surface area contributed by atoms with Gasteiger partial charge in [-0.25, -0.2) is 4.98 Å². The summed E-state index contributed by atoms with van der Waals surface area (Å²) in [5.41, 5.74) is 9.47. The molecule has 0 aromatic carbocycles. The van der Waals surface area contributed by atoms with E-state index in [-0.39, 0.29) is 0 Å². The summed E-state index contributed by atoms with van der Waals surface area (Å²) < 4.78 is 0. The molecular weight excluding hydrogens is 224 g/mol. The Kier molecular flexibility index (Phi) is 2.84. The molecule has 2 atom stereocenters. The number of H-pyrrole nitrogens is 1. The number of nitrogens with two attached hydrogens (primary N) is 1. The van der Waals surface area contributed by atoms with Crippen LogP contribution in [0.15, 0.2) is 18.3 Å². The molecule has 3 rings (SSSR count). The molecule has 96 valence electrons. The van der Waals surface area contributed by atoms with Crippen LogP contribution in [0.1, 0.15) is 30.1 Å². The number of piperidine rings is 1. The van der Waals surface area contributed by atoms with Gasteiger partial charge in [0.2, 0.25) is 0 Å². The molecule has 0 spiro atoms. The van der Waals surface area contributed by atoms with E-state index in [0.29, 0.717) is 12.1 Å². The van der Waals surface area contributed by atoms with Gasteiger partial charge in [-0.15, -0.1) is 0 Å². The van der Waals surface area contributed by atoms with Gasteiger partial charge in [0.25, 0.3) is 0 Å². The van der Waals surface area contributed by atoms with Gasteiger partial charge in [-0.05, 0) is 51.1 Å². The van der Waals surface area contributed by atoms with E-state index in [2.05, 4.69) is 40.2 Å². The number of nitrogens with one attached hydrogen (secondary N) is 1. The number of nitrogens with zero attached hydrogens (tertiary/aromatic N) is 2.